The molecule has 1 aromatic carbocycles. The number of aliphatic hydroxyl groups is 1. The highest BCUT2D eigenvalue weighted by Gasteiger charge is 2.66. The molecule has 0 bridgehead atoms. The van der Waals surface area contributed by atoms with Crippen LogP contribution in [0.5, 0.6) is 0 Å². The van der Waals surface area contributed by atoms with Crippen LogP contribution in [0.4, 0.5) is 4.79 Å². The highest BCUT2D eigenvalue weighted by atomic mass is 16.5. The van der Waals surface area contributed by atoms with Crippen LogP contribution in [-0.4, -0.2) is 78.0 Å². The molecule has 2 amide bonds. The van der Waals surface area contributed by atoms with Gasteiger partial charge in [-0.15, -0.1) is 0 Å². The molecule has 1 saturated carbocycles. The molecule has 3 saturated heterocycles. The summed E-state index contributed by atoms with van der Waals surface area (Å²) in [4.78, 5) is 17.5. The number of hydrogen-bond acceptors (Lipinski definition) is 4. The van der Waals surface area contributed by atoms with Crippen molar-refractivity contribution in [3.8, 4) is 0 Å². The molecule has 3 aliphatic heterocycles. The minimum Gasteiger partial charge on any atom is -0.395 e. The van der Waals surface area contributed by atoms with Crippen molar-refractivity contribution in [1.29, 1.82) is 0 Å². The summed E-state index contributed by atoms with van der Waals surface area (Å²) in [6.45, 7) is 4.35. The summed E-state index contributed by atoms with van der Waals surface area (Å²) in [5.74, 6) is 0.888. The smallest absolute Gasteiger partial charge is 0.317 e. The van der Waals surface area contributed by atoms with E-state index < -0.39 is 0 Å². The molecule has 6 nitrogen and oxygen atoms in total. The number of carbonyl (C=O) groups excluding carboxylic acids is 1. The second-order valence-electron chi connectivity index (χ2n) is 10.1. The standard InChI is InChI=1S/C25H37N3O3/c29-16-22-23(20-7-3-1-4-8-20)25(28(22)15-19-11-13-31-14-12-19)17-27(18-25)24(30)26-21-9-5-2-6-10-21/h1,3-4,7-8,19,21-23,29H,2,5-6,9-18H2,(H,26,30)/t22-,23-/m1/s1. The van der Waals surface area contributed by atoms with Gasteiger partial charge in [0.1, 0.15) is 0 Å². The van der Waals surface area contributed by atoms with Crippen molar-refractivity contribution in [1.82, 2.24) is 15.1 Å². The fraction of sp³-hybridized carbons (Fsp3) is 0.720. The summed E-state index contributed by atoms with van der Waals surface area (Å²) in [6, 6.07) is 11.2. The van der Waals surface area contributed by atoms with E-state index in [9.17, 15) is 9.90 Å². The Kier molecular flexibility index (Phi) is 6.22. The number of urea groups is 1. The zero-order valence-electron chi connectivity index (χ0n) is 18.5. The highest BCUT2D eigenvalue weighted by Crippen LogP contribution is 2.54. The molecule has 6 heteroatoms. The van der Waals surface area contributed by atoms with Gasteiger partial charge in [-0.25, -0.2) is 4.79 Å². The Morgan fingerprint density at radius 3 is 2.45 bits per heavy atom. The highest BCUT2D eigenvalue weighted by molar-refractivity contribution is 5.76. The molecule has 170 valence electrons. The third-order valence-corrected chi connectivity index (χ3v) is 8.23. The Labute approximate surface area is 185 Å². The maximum Gasteiger partial charge on any atom is 0.317 e. The average molecular weight is 428 g/mol. The van der Waals surface area contributed by atoms with Crippen molar-refractivity contribution >= 4 is 6.03 Å². The Hall–Kier alpha value is -1.63. The number of likely N-dealkylation sites (tertiary alicyclic amines) is 2. The third kappa shape index (κ3) is 3.98. The summed E-state index contributed by atoms with van der Waals surface area (Å²) >= 11 is 0. The van der Waals surface area contributed by atoms with Crippen molar-refractivity contribution in [3.05, 3.63) is 35.9 Å². The Balaban J connectivity index is 1.30. The van der Waals surface area contributed by atoms with Crippen molar-refractivity contribution in [3.63, 3.8) is 0 Å². The van der Waals surface area contributed by atoms with Gasteiger partial charge in [-0.1, -0.05) is 49.6 Å². The van der Waals surface area contributed by atoms with E-state index in [-0.39, 0.29) is 30.1 Å². The van der Waals surface area contributed by atoms with Gasteiger partial charge in [0.25, 0.3) is 0 Å². The molecule has 1 aromatic rings. The number of carbonyl (C=O) groups is 1. The van der Waals surface area contributed by atoms with Crippen LogP contribution < -0.4 is 5.32 Å². The maximum absolute atomic E-state index is 12.9. The molecule has 31 heavy (non-hydrogen) atoms. The van der Waals surface area contributed by atoms with Crippen LogP contribution in [0, 0.1) is 5.92 Å². The van der Waals surface area contributed by atoms with Gasteiger partial charge in [-0.3, -0.25) is 4.90 Å². The summed E-state index contributed by atoms with van der Waals surface area (Å²) in [5.41, 5.74) is 1.24. The topological polar surface area (TPSA) is 65.0 Å². The van der Waals surface area contributed by atoms with Gasteiger partial charge >= 0.3 is 6.03 Å². The zero-order chi connectivity index (χ0) is 21.3. The lowest BCUT2D eigenvalue weighted by Gasteiger charge is -2.71. The van der Waals surface area contributed by atoms with Crippen LogP contribution in [0.3, 0.4) is 0 Å². The monoisotopic (exact) mass is 427 g/mol. The molecule has 5 rings (SSSR count). The lowest BCUT2D eigenvalue weighted by molar-refractivity contribution is -0.186. The number of benzene rings is 1. The fourth-order valence-electron chi connectivity index (χ4n) is 6.54. The molecular formula is C25H37N3O3. The van der Waals surface area contributed by atoms with Crippen LogP contribution in [-0.2, 0) is 4.74 Å². The van der Waals surface area contributed by atoms with Crippen LogP contribution in [0.2, 0.25) is 0 Å². The second-order valence-corrected chi connectivity index (χ2v) is 10.1. The van der Waals surface area contributed by atoms with Crippen LogP contribution in [0.1, 0.15) is 56.4 Å². The number of nitrogens with zero attached hydrogens (tertiary/aromatic N) is 2. The van der Waals surface area contributed by atoms with Gasteiger partial charge in [0.2, 0.25) is 0 Å². The van der Waals surface area contributed by atoms with Crippen molar-refractivity contribution in [2.45, 2.75) is 68.5 Å². The lowest BCUT2D eigenvalue weighted by Crippen LogP contribution is -2.85. The molecular weight excluding hydrogens is 390 g/mol. The molecule has 2 N–H and O–H groups in total. The van der Waals surface area contributed by atoms with E-state index in [1.165, 1.54) is 24.8 Å². The molecule has 0 unspecified atom stereocenters. The van der Waals surface area contributed by atoms with Gasteiger partial charge in [-0.2, -0.15) is 0 Å². The predicted molar refractivity (Wildman–Crippen MR) is 120 cm³/mol. The Bertz CT molecular complexity index is 740. The number of aliphatic hydroxyl groups excluding tert-OH is 1. The predicted octanol–water partition coefficient (Wildman–Crippen LogP) is 2.97. The number of rotatable bonds is 5. The number of nitrogens with one attached hydrogen (secondary N) is 1. The molecule has 2 atom stereocenters. The van der Waals surface area contributed by atoms with E-state index in [1.807, 2.05) is 11.0 Å². The summed E-state index contributed by atoms with van der Waals surface area (Å²) in [6.07, 6.45) is 8.14. The maximum atomic E-state index is 12.9. The Morgan fingerprint density at radius 2 is 1.77 bits per heavy atom. The number of hydrogen-bond donors (Lipinski definition) is 2. The van der Waals surface area contributed by atoms with Crippen LogP contribution >= 0.6 is 0 Å². The molecule has 0 radical (unpaired) electrons. The molecule has 1 aliphatic carbocycles. The molecule has 4 fully saturated rings. The summed E-state index contributed by atoms with van der Waals surface area (Å²) in [5, 5.41) is 13.6. The Morgan fingerprint density at radius 1 is 1.06 bits per heavy atom. The first-order valence-electron chi connectivity index (χ1n) is 12.3. The average Bonchev–Trinajstić information content (AvgIpc) is 2.77. The first kappa shape index (κ1) is 21.2. The van der Waals surface area contributed by atoms with Gasteiger partial charge in [0.15, 0.2) is 0 Å². The quantitative estimate of drug-likeness (QED) is 0.758. The van der Waals surface area contributed by atoms with E-state index in [0.717, 1.165) is 58.5 Å². The minimum absolute atomic E-state index is 0.0447. The molecule has 1 spiro atoms. The van der Waals surface area contributed by atoms with Gasteiger partial charge in [0, 0.05) is 50.8 Å². The minimum atomic E-state index is -0.0447. The SMILES string of the molecule is O=C(NC1CCCCC1)N1CC2(C1)[C@H](c1ccccc1)[C@@H](CO)N2CC1CCOCC1. The molecule has 0 aromatic heterocycles. The largest absolute Gasteiger partial charge is 0.395 e. The first-order valence-corrected chi connectivity index (χ1v) is 12.3. The van der Waals surface area contributed by atoms with E-state index in [1.54, 1.807) is 0 Å². The lowest BCUT2D eigenvalue weighted by atomic mass is 9.60. The number of amides is 2. The fourth-order valence-corrected chi connectivity index (χ4v) is 6.54. The normalized spacial score (nSPS) is 29.4. The van der Waals surface area contributed by atoms with Crippen molar-refractivity contribution in [2.75, 3.05) is 39.5 Å². The van der Waals surface area contributed by atoms with E-state index in [2.05, 4.69) is 34.5 Å². The second kappa shape index (κ2) is 9.08. The van der Waals surface area contributed by atoms with E-state index >= 15 is 0 Å². The molecule has 3 heterocycles. The number of ether oxygens (including phenoxy) is 1. The first-order chi connectivity index (χ1) is 15.2. The van der Waals surface area contributed by atoms with Crippen LogP contribution in [0.25, 0.3) is 0 Å². The van der Waals surface area contributed by atoms with Gasteiger partial charge in [-0.05, 0) is 37.2 Å². The zero-order valence-corrected chi connectivity index (χ0v) is 18.5. The summed E-state index contributed by atoms with van der Waals surface area (Å²) < 4.78 is 5.56. The third-order valence-electron chi connectivity index (χ3n) is 8.23. The molecule has 4 aliphatic rings. The van der Waals surface area contributed by atoms with Gasteiger partial charge < -0.3 is 20.1 Å². The van der Waals surface area contributed by atoms with Crippen molar-refractivity contribution in [2.24, 2.45) is 5.92 Å². The van der Waals surface area contributed by atoms with E-state index in [4.69, 9.17) is 4.74 Å². The summed E-state index contributed by atoms with van der Waals surface area (Å²) in [7, 11) is 0. The van der Waals surface area contributed by atoms with Gasteiger partial charge in [0.05, 0.1) is 12.1 Å². The van der Waals surface area contributed by atoms with E-state index in [0.29, 0.717) is 12.0 Å². The van der Waals surface area contributed by atoms with Crippen molar-refractivity contribution < 1.29 is 14.6 Å². The van der Waals surface area contributed by atoms with Crippen LogP contribution in [0.15, 0.2) is 30.3 Å².